The van der Waals surface area contributed by atoms with Crippen LogP contribution in [0.4, 0.5) is 0 Å². The van der Waals surface area contributed by atoms with Crippen LogP contribution in [0.3, 0.4) is 0 Å². The summed E-state index contributed by atoms with van der Waals surface area (Å²) in [6.45, 7) is 4.45. The fraction of sp³-hybridized carbons (Fsp3) is 0.263. The summed E-state index contributed by atoms with van der Waals surface area (Å²) in [6.07, 6.45) is 2.15. The number of benzene rings is 2. The third-order valence-electron chi connectivity index (χ3n) is 3.98. The van der Waals surface area contributed by atoms with Crippen LogP contribution in [0.25, 0.3) is 0 Å². The van der Waals surface area contributed by atoms with E-state index in [1.807, 2.05) is 48.5 Å². The van der Waals surface area contributed by atoms with Gasteiger partial charge in [0.05, 0.1) is 6.23 Å². The van der Waals surface area contributed by atoms with Crippen molar-refractivity contribution in [3.8, 4) is 5.75 Å². The zero-order valence-electron chi connectivity index (χ0n) is 14.0. The van der Waals surface area contributed by atoms with Crippen molar-refractivity contribution in [3.05, 3.63) is 59.7 Å². The number of hydrogen-bond acceptors (Lipinski definition) is 3. The number of carboxylic acid groups (broad SMARTS) is 1. The predicted octanol–water partition coefficient (Wildman–Crippen LogP) is 3.05. The normalized spacial score (nSPS) is 11.1. The topological polar surface area (TPSA) is 63.6 Å². The predicted molar refractivity (Wildman–Crippen MR) is 96.8 cm³/mol. The van der Waals surface area contributed by atoms with Gasteiger partial charge in [0.25, 0.3) is 0 Å². The van der Waals surface area contributed by atoms with Crippen LogP contribution in [0.5, 0.6) is 5.75 Å². The standard InChI is InChI=1S/C19H22O4Si/c1-24(2,18-10-5-16(13-20)6-11-18)14-23-17-8-3-15(4-9-17)7-12-19(21)22/h3-6,8-11,13H,7,12,14H2,1-2H3,(H,21,22). The van der Waals surface area contributed by atoms with Gasteiger partial charge in [0.1, 0.15) is 20.1 Å². The summed E-state index contributed by atoms with van der Waals surface area (Å²) < 4.78 is 5.94. The zero-order valence-corrected chi connectivity index (χ0v) is 15.0. The molecule has 0 fully saturated rings. The van der Waals surface area contributed by atoms with Crippen LogP contribution in [0.15, 0.2) is 48.5 Å². The second kappa shape index (κ2) is 7.92. The number of carbonyl (C=O) groups excluding carboxylic acids is 1. The average molecular weight is 342 g/mol. The molecule has 0 aliphatic carbocycles. The van der Waals surface area contributed by atoms with Gasteiger partial charge in [-0.1, -0.05) is 54.7 Å². The van der Waals surface area contributed by atoms with Crippen LogP contribution in [0.1, 0.15) is 22.3 Å². The van der Waals surface area contributed by atoms with E-state index in [4.69, 9.17) is 9.84 Å². The maximum atomic E-state index is 10.7. The summed E-state index contributed by atoms with van der Waals surface area (Å²) in [4.78, 5) is 21.3. The highest BCUT2D eigenvalue weighted by molar-refractivity contribution is 6.89. The van der Waals surface area contributed by atoms with Crippen molar-refractivity contribution in [1.29, 1.82) is 0 Å². The van der Waals surface area contributed by atoms with Crippen molar-refractivity contribution < 1.29 is 19.4 Å². The second-order valence-corrected chi connectivity index (χ2v) is 11.1. The molecule has 4 nitrogen and oxygen atoms in total. The lowest BCUT2D eigenvalue weighted by Crippen LogP contribution is -2.47. The molecule has 0 atom stereocenters. The summed E-state index contributed by atoms with van der Waals surface area (Å²) in [5, 5.41) is 9.95. The van der Waals surface area contributed by atoms with Crippen LogP contribution >= 0.6 is 0 Å². The van der Waals surface area contributed by atoms with E-state index in [2.05, 4.69) is 13.1 Å². The SMILES string of the molecule is C[Si](C)(COc1ccc(CCC(=O)O)cc1)c1ccc(C=O)cc1. The lowest BCUT2D eigenvalue weighted by atomic mass is 10.1. The third kappa shape index (κ3) is 5.06. The van der Waals surface area contributed by atoms with Gasteiger partial charge < -0.3 is 9.84 Å². The van der Waals surface area contributed by atoms with E-state index in [-0.39, 0.29) is 6.42 Å². The molecule has 0 amide bonds. The summed E-state index contributed by atoms with van der Waals surface area (Å²) in [5.41, 5.74) is 1.67. The van der Waals surface area contributed by atoms with Gasteiger partial charge in [-0.2, -0.15) is 0 Å². The number of hydrogen-bond donors (Lipinski definition) is 1. The first-order valence-corrected chi connectivity index (χ1v) is 11.1. The highest BCUT2D eigenvalue weighted by Crippen LogP contribution is 2.15. The minimum absolute atomic E-state index is 0.136. The van der Waals surface area contributed by atoms with E-state index in [1.54, 1.807) is 0 Å². The van der Waals surface area contributed by atoms with Gasteiger partial charge >= 0.3 is 5.97 Å². The van der Waals surface area contributed by atoms with E-state index in [0.29, 0.717) is 18.2 Å². The van der Waals surface area contributed by atoms with Crippen LogP contribution in [0.2, 0.25) is 13.1 Å². The lowest BCUT2D eigenvalue weighted by Gasteiger charge is -2.23. The van der Waals surface area contributed by atoms with Crippen molar-refractivity contribution >= 4 is 25.5 Å². The molecule has 0 unspecified atom stereocenters. The van der Waals surface area contributed by atoms with Gasteiger partial charge in [-0.05, 0) is 24.1 Å². The third-order valence-corrected chi connectivity index (χ3v) is 6.74. The van der Waals surface area contributed by atoms with E-state index in [1.165, 1.54) is 5.19 Å². The molecule has 1 N–H and O–H groups in total. The lowest BCUT2D eigenvalue weighted by molar-refractivity contribution is -0.136. The van der Waals surface area contributed by atoms with Crippen molar-refractivity contribution in [2.45, 2.75) is 25.9 Å². The van der Waals surface area contributed by atoms with E-state index in [0.717, 1.165) is 17.6 Å². The van der Waals surface area contributed by atoms with Crippen molar-refractivity contribution in [1.82, 2.24) is 0 Å². The molecule has 2 aromatic carbocycles. The number of aldehydes is 1. The molecule has 0 radical (unpaired) electrons. The zero-order chi connectivity index (χ0) is 17.6. The average Bonchev–Trinajstić information content (AvgIpc) is 2.59. The van der Waals surface area contributed by atoms with Crippen LogP contribution in [-0.4, -0.2) is 31.7 Å². The Bertz CT molecular complexity index is 690. The minimum atomic E-state index is -1.76. The van der Waals surface area contributed by atoms with Gasteiger partial charge in [0, 0.05) is 12.0 Å². The Hall–Kier alpha value is -2.40. The molecule has 0 saturated heterocycles. The Morgan fingerprint density at radius 3 is 2.25 bits per heavy atom. The molecular formula is C19H22O4Si. The quantitative estimate of drug-likeness (QED) is 0.591. The summed E-state index contributed by atoms with van der Waals surface area (Å²) in [5.74, 6) is 0.00263. The maximum Gasteiger partial charge on any atom is 0.303 e. The Balaban J connectivity index is 1.95. The molecule has 2 aromatic rings. The molecule has 0 aliphatic rings. The molecule has 0 aliphatic heterocycles. The molecular weight excluding hydrogens is 320 g/mol. The van der Waals surface area contributed by atoms with Gasteiger partial charge in [-0.25, -0.2) is 0 Å². The number of carboxylic acids is 1. The Labute approximate surface area is 143 Å². The van der Waals surface area contributed by atoms with Crippen LogP contribution < -0.4 is 9.92 Å². The number of ether oxygens (including phenoxy) is 1. The Morgan fingerprint density at radius 1 is 1.08 bits per heavy atom. The van der Waals surface area contributed by atoms with Gasteiger partial charge in [-0.3, -0.25) is 9.59 Å². The molecule has 0 bridgehead atoms. The van der Waals surface area contributed by atoms with Gasteiger partial charge in [0.2, 0.25) is 0 Å². The number of carbonyl (C=O) groups is 2. The van der Waals surface area contributed by atoms with Crippen LogP contribution in [0, 0.1) is 0 Å². The fourth-order valence-electron chi connectivity index (χ4n) is 2.36. The Morgan fingerprint density at radius 2 is 1.71 bits per heavy atom. The maximum absolute atomic E-state index is 10.7. The van der Waals surface area contributed by atoms with Crippen molar-refractivity contribution in [2.24, 2.45) is 0 Å². The summed E-state index contributed by atoms with van der Waals surface area (Å²) in [6, 6.07) is 15.3. The highest BCUT2D eigenvalue weighted by atomic mass is 28.3. The van der Waals surface area contributed by atoms with E-state index in [9.17, 15) is 9.59 Å². The number of aryl methyl sites for hydroxylation is 1. The van der Waals surface area contributed by atoms with Crippen LogP contribution in [-0.2, 0) is 11.2 Å². The molecule has 0 spiro atoms. The molecule has 0 saturated carbocycles. The summed E-state index contributed by atoms with van der Waals surface area (Å²) >= 11 is 0. The number of aliphatic carboxylic acids is 1. The first kappa shape index (κ1) is 17.9. The molecule has 0 heterocycles. The second-order valence-electron chi connectivity index (χ2n) is 6.45. The van der Waals surface area contributed by atoms with E-state index >= 15 is 0 Å². The first-order valence-electron chi connectivity index (χ1n) is 7.90. The summed E-state index contributed by atoms with van der Waals surface area (Å²) in [7, 11) is -1.76. The Kier molecular flexibility index (Phi) is 5.92. The van der Waals surface area contributed by atoms with Crippen molar-refractivity contribution in [2.75, 3.05) is 6.23 Å². The highest BCUT2D eigenvalue weighted by Gasteiger charge is 2.24. The van der Waals surface area contributed by atoms with Gasteiger partial charge in [0.15, 0.2) is 0 Å². The molecule has 5 heteroatoms. The molecule has 2 rings (SSSR count). The molecule has 24 heavy (non-hydrogen) atoms. The smallest absolute Gasteiger partial charge is 0.303 e. The number of rotatable bonds is 8. The van der Waals surface area contributed by atoms with Gasteiger partial charge in [-0.15, -0.1) is 0 Å². The molecule has 0 aromatic heterocycles. The fourth-order valence-corrected chi connectivity index (χ4v) is 4.13. The minimum Gasteiger partial charge on any atom is -0.497 e. The molecule has 126 valence electrons. The monoisotopic (exact) mass is 342 g/mol. The van der Waals surface area contributed by atoms with E-state index < -0.39 is 14.0 Å². The first-order chi connectivity index (χ1) is 11.4. The largest absolute Gasteiger partial charge is 0.497 e. The van der Waals surface area contributed by atoms with Crippen molar-refractivity contribution in [3.63, 3.8) is 0 Å².